The SMILES string of the molecule is CC(C)(CC(C)(C)C(=O)N1CCNCC1)C(=O)O. The predicted octanol–water partition coefficient (Wildman–Crippen LogP) is 0.945. The first kappa shape index (κ1) is 15.0. The number of piperazine rings is 1. The normalized spacial score (nSPS) is 17.7. The molecule has 0 atom stereocenters. The number of carboxylic acid groups (broad SMARTS) is 1. The molecule has 1 aliphatic rings. The molecule has 0 radical (unpaired) electrons. The summed E-state index contributed by atoms with van der Waals surface area (Å²) in [4.78, 5) is 25.4. The van der Waals surface area contributed by atoms with Gasteiger partial charge in [0.05, 0.1) is 5.41 Å². The number of carbonyl (C=O) groups is 2. The molecule has 5 nitrogen and oxygen atoms in total. The van der Waals surface area contributed by atoms with E-state index in [0.29, 0.717) is 19.5 Å². The van der Waals surface area contributed by atoms with Crippen LogP contribution >= 0.6 is 0 Å². The third-order valence-electron chi connectivity index (χ3n) is 3.45. The summed E-state index contributed by atoms with van der Waals surface area (Å²) < 4.78 is 0. The maximum Gasteiger partial charge on any atom is 0.309 e. The number of carboxylic acids is 1. The van der Waals surface area contributed by atoms with Crippen molar-refractivity contribution in [2.75, 3.05) is 26.2 Å². The minimum Gasteiger partial charge on any atom is -0.481 e. The van der Waals surface area contributed by atoms with Crippen molar-refractivity contribution in [3.05, 3.63) is 0 Å². The standard InChI is InChI=1S/C13H24N2O3/c1-12(2,9-13(3,4)11(17)18)10(16)15-7-5-14-6-8-15/h14H,5-9H2,1-4H3,(H,17,18). The molecule has 0 aromatic carbocycles. The summed E-state index contributed by atoms with van der Waals surface area (Å²) in [5.41, 5.74) is -1.52. The van der Waals surface area contributed by atoms with Crippen LogP contribution in [0.25, 0.3) is 0 Å². The van der Waals surface area contributed by atoms with E-state index in [9.17, 15) is 9.59 Å². The number of rotatable bonds is 4. The second kappa shape index (κ2) is 5.26. The highest BCUT2D eigenvalue weighted by atomic mass is 16.4. The molecule has 0 bridgehead atoms. The van der Waals surface area contributed by atoms with Crippen LogP contribution in [0, 0.1) is 10.8 Å². The number of carbonyl (C=O) groups excluding carboxylic acids is 1. The van der Waals surface area contributed by atoms with Crippen molar-refractivity contribution in [3.8, 4) is 0 Å². The minimum atomic E-state index is -0.882. The fraction of sp³-hybridized carbons (Fsp3) is 0.846. The largest absolute Gasteiger partial charge is 0.481 e. The quantitative estimate of drug-likeness (QED) is 0.785. The molecule has 1 rings (SSSR count). The molecule has 0 aliphatic carbocycles. The zero-order valence-corrected chi connectivity index (χ0v) is 11.7. The molecule has 1 heterocycles. The zero-order chi connectivity index (χ0) is 14.0. The molecule has 104 valence electrons. The van der Waals surface area contributed by atoms with Gasteiger partial charge in [-0.25, -0.2) is 0 Å². The second-order valence-electron chi connectivity index (χ2n) is 6.29. The number of nitrogens with zero attached hydrogens (tertiary/aromatic N) is 1. The summed E-state index contributed by atoms with van der Waals surface area (Å²) in [6, 6.07) is 0. The monoisotopic (exact) mass is 256 g/mol. The summed E-state index contributed by atoms with van der Waals surface area (Å²) in [6.45, 7) is 10.0. The van der Waals surface area contributed by atoms with Crippen LogP contribution in [0.4, 0.5) is 0 Å². The third kappa shape index (κ3) is 3.45. The smallest absolute Gasteiger partial charge is 0.309 e. The van der Waals surface area contributed by atoms with Gasteiger partial charge in [-0.15, -0.1) is 0 Å². The minimum absolute atomic E-state index is 0.0540. The van der Waals surface area contributed by atoms with Gasteiger partial charge < -0.3 is 15.3 Å². The molecule has 1 amide bonds. The number of hydrogen-bond donors (Lipinski definition) is 2. The van der Waals surface area contributed by atoms with Gasteiger partial charge in [-0.2, -0.15) is 0 Å². The molecule has 1 aliphatic heterocycles. The first-order chi connectivity index (χ1) is 8.17. The molecule has 18 heavy (non-hydrogen) atoms. The van der Waals surface area contributed by atoms with E-state index in [-0.39, 0.29) is 5.91 Å². The zero-order valence-electron chi connectivity index (χ0n) is 11.7. The van der Waals surface area contributed by atoms with E-state index in [2.05, 4.69) is 5.32 Å². The molecule has 0 aromatic rings. The van der Waals surface area contributed by atoms with Crippen LogP contribution < -0.4 is 5.32 Å². The lowest BCUT2D eigenvalue weighted by Crippen LogP contribution is -2.51. The van der Waals surface area contributed by atoms with Crippen molar-refractivity contribution in [2.45, 2.75) is 34.1 Å². The van der Waals surface area contributed by atoms with Crippen molar-refractivity contribution in [3.63, 3.8) is 0 Å². The Morgan fingerprint density at radius 2 is 1.61 bits per heavy atom. The first-order valence-corrected chi connectivity index (χ1v) is 6.40. The summed E-state index contributed by atoms with van der Waals surface area (Å²) in [5, 5.41) is 12.4. The Morgan fingerprint density at radius 3 is 2.06 bits per heavy atom. The van der Waals surface area contributed by atoms with Crippen molar-refractivity contribution in [1.29, 1.82) is 0 Å². The van der Waals surface area contributed by atoms with Crippen LogP contribution in [0.3, 0.4) is 0 Å². The molecule has 0 aromatic heterocycles. The molecule has 2 N–H and O–H groups in total. The Labute approximate surface area is 109 Å². The molecule has 1 fully saturated rings. The predicted molar refractivity (Wildman–Crippen MR) is 69.3 cm³/mol. The van der Waals surface area contributed by atoms with Gasteiger partial charge in [0.1, 0.15) is 0 Å². The molecule has 0 unspecified atom stereocenters. The molecule has 0 saturated carbocycles. The summed E-state index contributed by atoms with van der Waals surface area (Å²) in [5.74, 6) is -0.804. The highest BCUT2D eigenvalue weighted by Gasteiger charge is 2.40. The molecular formula is C13H24N2O3. The van der Waals surface area contributed by atoms with Crippen LogP contribution in [-0.2, 0) is 9.59 Å². The van der Waals surface area contributed by atoms with Crippen LogP contribution in [0.15, 0.2) is 0 Å². The van der Waals surface area contributed by atoms with E-state index >= 15 is 0 Å². The van der Waals surface area contributed by atoms with Crippen LogP contribution in [0.1, 0.15) is 34.1 Å². The van der Waals surface area contributed by atoms with Gasteiger partial charge >= 0.3 is 5.97 Å². The Hall–Kier alpha value is -1.10. The van der Waals surface area contributed by atoms with Crippen LogP contribution in [0.2, 0.25) is 0 Å². The summed E-state index contributed by atoms with van der Waals surface area (Å²) in [7, 11) is 0. The van der Waals surface area contributed by atoms with Gasteiger partial charge in [0.2, 0.25) is 5.91 Å². The van der Waals surface area contributed by atoms with Gasteiger partial charge in [-0.3, -0.25) is 9.59 Å². The number of hydrogen-bond acceptors (Lipinski definition) is 3. The number of nitrogens with one attached hydrogen (secondary N) is 1. The van der Waals surface area contributed by atoms with Gasteiger partial charge in [-0.05, 0) is 20.3 Å². The van der Waals surface area contributed by atoms with E-state index in [1.807, 2.05) is 18.7 Å². The lowest BCUT2D eigenvalue weighted by atomic mass is 9.74. The Morgan fingerprint density at radius 1 is 1.11 bits per heavy atom. The molecule has 5 heteroatoms. The van der Waals surface area contributed by atoms with Crippen molar-refractivity contribution in [2.24, 2.45) is 10.8 Å². The van der Waals surface area contributed by atoms with E-state index in [4.69, 9.17) is 5.11 Å². The first-order valence-electron chi connectivity index (χ1n) is 6.40. The fourth-order valence-corrected chi connectivity index (χ4v) is 2.55. The number of amides is 1. The highest BCUT2D eigenvalue weighted by molar-refractivity contribution is 5.83. The fourth-order valence-electron chi connectivity index (χ4n) is 2.55. The maximum absolute atomic E-state index is 12.4. The summed E-state index contributed by atoms with van der Waals surface area (Å²) >= 11 is 0. The van der Waals surface area contributed by atoms with E-state index in [1.54, 1.807) is 13.8 Å². The van der Waals surface area contributed by atoms with Crippen LogP contribution in [-0.4, -0.2) is 48.1 Å². The van der Waals surface area contributed by atoms with Crippen molar-refractivity contribution < 1.29 is 14.7 Å². The third-order valence-corrected chi connectivity index (χ3v) is 3.45. The Balaban J connectivity index is 2.72. The van der Waals surface area contributed by atoms with Gasteiger partial charge in [-0.1, -0.05) is 13.8 Å². The average Bonchev–Trinajstić information content (AvgIpc) is 2.27. The summed E-state index contributed by atoms with van der Waals surface area (Å²) in [6.07, 6.45) is 0.345. The Bertz CT molecular complexity index is 331. The Kier molecular flexibility index (Phi) is 4.37. The molecular weight excluding hydrogens is 232 g/mol. The topological polar surface area (TPSA) is 69.6 Å². The van der Waals surface area contributed by atoms with Crippen LogP contribution in [0.5, 0.6) is 0 Å². The average molecular weight is 256 g/mol. The maximum atomic E-state index is 12.4. The van der Waals surface area contributed by atoms with Crippen molar-refractivity contribution in [1.82, 2.24) is 10.2 Å². The van der Waals surface area contributed by atoms with E-state index < -0.39 is 16.8 Å². The molecule has 0 spiro atoms. The van der Waals surface area contributed by atoms with Gasteiger partial charge in [0.15, 0.2) is 0 Å². The highest BCUT2D eigenvalue weighted by Crippen LogP contribution is 2.35. The van der Waals surface area contributed by atoms with E-state index in [0.717, 1.165) is 13.1 Å². The number of aliphatic carboxylic acids is 1. The van der Waals surface area contributed by atoms with Gasteiger partial charge in [0, 0.05) is 31.6 Å². The second-order valence-corrected chi connectivity index (χ2v) is 6.29. The molecule has 1 saturated heterocycles. The van der Waals surface area contributed by atoms with Gasteiger partial charge in [0.25, 0.3) is 0 Å². The lowest BCUT2D eigenvalue weighted by Gasteiger charge is -2.37. The van der Waals surface area contributed by atoms with E-state index in [1.165, 1.54) is 0 Å². The lowest BCUT2D eigenvalue weighted by molar-refractivity contribution is -0.152. The van der Waals surface area contributed by atoms with Crippen molar-refractivity contribution >= 4 is 11.9 Å².